The van der Waals surface area contributed by atoms with E-state index in [1.165, 1.54) is 51.9 Å². The third-order valence-electron chi connectivity index (χ3n) is 5.80. The minimum atomic E-state index is 0.273. The normalized spacial score (nSPS) is 25.2. The van der Waals surface area contributed by atoms with Crippen LogP contribution in [0.1, 0.15) is 39.0 Å². The van der Waals surface area contributed by atoms with Gasteiger partial charge in [-0.15, -0.1) is 0 Å². The van der Waals surface area contributed by atoms with Crippen molar-refractivity contribution in [2.24, 2.45) is 5.92 Å². The van der Waals surface area contributed by atoms with Gasteiger partial charge in [0, 0.05) is 37.3 Å². The summed E-state index contributed by atoms with van der Waals surface area (Å²) in [4.78, 5) is 16.9. The van der Waals surface area contributed by atoms with Crippen molar-refractivity contribution in [1.29, 1.82) is 0 Å². The summed E-state index contributed by atoms with van der Waals surface area (Å²) < 4.78 is 0. The molecule has 2 aliphatic heterocycles. The number of hydrogen-bond donors (Lipinski definition) is 1. The Morgan fingerprint density at radius 3 is 2.61 bits per heavy atom. The molecule has 4 heteroatoms. The maximum Gasteiger partial charge on any atom is 0.164 e. The minimum Gasteiger partial charge on any atom is -0.374 e. The van der Waals surface area contributed by atoms with Crippen LogP contribution < -0.4 is 5.32 Å². The van der Waals surface area contributed by atoms with Crippen molar-refractivity contribution < 1.29 is 4.79 Å². The van der Waals surface area contributed by atoms with Crippen molar-refractivity contribution in [2.45, 2.75) is 45.1 Å². The molecule has 1 aliphatic carbocycles. The van der Waals surface area contributed by atoms with E-state index in [-0.39, 0.29) is 5.78 Å². The minimum absolute atomic E-state index is 0.273. The van der Waals surface area contributed by atoms with Gasteiger partial charge < -0.3 is 15.1 Å². The number of piperidine rings is 2. The van der Waals surface area contributed by atoms with Crippen LogP contribution in [-0.4, -0.2) is 61.4 Å². The predicted molar refractivity (Wildman–Crippen MR) is 94.3 cm³/mol. The summed E-state index contributed by atoms with van der Waals surface area (Å²) >= 11 is 0. The van der Waals surface area contributed by atoms with E-state index in [4.69, 9.17) is 0 Å². The Morgan fingerprint density at radius 1 is 1.22 bits per heavy atom. The van der Waals surface area contributed by atoms with Gasteiger partial charge in [-0.1, -0.05) is 6.08 Å². The molecule has 0 aromatic heterocycles. The van der Waals surface area contributed by atoms with Crippen LogP contribution in [0.2, 0.25) is 0 Å². The molecular weight excluding hydrogens is 286 g/mol. The van der Waals surface area contributed by atoms with E-state index in [0.29, 0.717) is 6.42 Å². The Labute approximate surface area is 140 Å². The van der Waals surface area contributed by atoms with Crippen LogP contribution in [0, 0.1) is 5.92 Å². The topological polar surface area (TPSA) is 35.6 Å². The van der Waals surface area contributed by atoms with Crippen LogP contribution in [0.3, 0.4) is 0 Å². The Morgan fingerprint density at radius 2 is 1.91 bits per heavy atom. The smallest absolute Gasteiger partial charge is 0.164 e. The van der Waals surface area contributed by atoms with E-state index >= 15 is 0 Å². The maximum atomic E-state index is 11.9. The van der Waals surface area contributed by atoms with Gasteiger partial charge in [0.05, 0.1) is 0 Å². The first kappa shape index (κ1) is 16.7. The number of nitrogens with one attached hydrogen (secondary N) is 1. The molecule has 0 unspecified atom stereocenters. The molecule has 3 aliphatic rings. The lowest BCUT2D eigenvalue weighted by atomic mass is 9.92. The number of rotatable bonds is 4. The highest BCUT2D eigenvalue weighted by molar-refractivity contribution is 5.97. The largest absolute Gasteiger partial charge is 0.374 e. The van der Waals surface area contributed by atoms with Crippen LogP contribution in [0.4, 0.5) is 0 Å². The molecule has 0 atom stereocenters. The quantitative estimate of drug-likeness (QED) is 0.862. The van der Waals surface area contributed by atoms with Crippen molar-refractivity contribution in [3.63, 3.8) is 0 Å². The fourth-order valence-electron chi connectivity index (χ4n) is 4.27. The third kappa shape index (κ3) is 4.04. The molecule has 0 aromatic rings. The Balaban J connectivity index is 1.49. The monoisotopic (exact) mass is 317 g/mol. The van der Waals surface area contributed by atoms with Gasteiger partial charge in [-0.25, -0.2) is 0 Å². The number of nitrogens with zero attached hydrogens (tertiary/aromatic N) is 2. The van der Waals surface area contributed by atoms with Gasteiger partial charge >= 0.3 is 0 Å². The molecule has 128 valence electrons. The number of carbonyl (C=O) groups is 1. The predicted octanol–water partition coefficient (Wildman–Crippen LogP) is 2.19. The summed E-state index contributed by atoms with van der Waals surface area (Å²) in [5, 5.41) is 3.46. The molecule has 2 heterocycles. The molecule has 0 amide bonds. The van der Waals surface area contributed by atoms with Gasteiger partial charge in [-0.3, -0.25) is 4.79 Å². The van der Waals surface area contributed by atoms with Crippen molar-refractivity contribution in [3.05, 3.63) is 23.4 Å². The average molecular weight is 317 g/mol. The van der Waals surface area contributed by atoms with E-state index in [9.17, 15) is 4.79 Å². The molecule has 0 spiro atoms. The molecule has 0 saturated carbocycles. The highest BCUT2D eigenvalue weighted by Crippen LogP contribution is 2.25. The molecule has 4 nitrogen and oxygen atoms in total. The lowest BCUT2D eigenvalue weighted by Gasteiger charge is -2.40. The first-order chi connectivity index (χ1) is 11.1. The number of allylic oxidation sites excluding steroid dienone is 3. The fraction of sp³-hybridized carbons (Fsp3) is 0.737. The van der Waals surface area contributed by atoms with E-state index in [1.807, 2.05) is 13.0 Å². The van der Waals surface area contributed by atoms with E-state index in [2.05, 4.69) is 28.2 Å². The van der Waals surface area contributed by atoms with Crippen molar-refractivity contribution >= 4 is 5.78 Å². The SMILES string of the molecule is CC1=C(N(C)CC2CCN(C3CCNCC3)CC2)C=CCC1=O. The summed E-state index contributed by atoms with van der Waals surface area (Å²) in [6, 6.07) is 0.804. The number of likely N-dealkylation sites (tertiary alicyclic amines) is 1. The summed E-state index contributed by atoms with van der Waals surface area (Å²) in [5.41, 5.74) is 2.06. The van der Waals surface area contributed by atoms with E-state index in [0.717, 1.165) is 29.8 Å². The summed E-state index contributed by atoms with van der Waals surface area (Å²) in [6.45, 7) is 7.90. The highest BCUT2D eigenvalue weighted by Gasteiger charge is 2.27. The molecule has 0 bridgehead atoms. The third-order valence-corrected chi connectivity index (χ3v) is 5.80. The number of hydrogen-bond acceptors (Lipinski definition) is 4. The highest BCUT2D eigenvalue weighted by atomic mass is 16.1. The second-order valence-electron chi connectivity index (χ2n) is 7.38. The zero-order chi connectivity index (χ0) is 16.2. The molecule has 0 radical (unpaired) electrons. The summed E-state index contributed by atoms with van der Waals surface area (Å²) in [7, 11) is 2.14. The molecule has 1 N–H and O–H groups in total. The van der Waals surface area contributed by atoms with Crippen LogP contribution >= 0.6 is 0 Å². The van der Waals surface area contributed by atoms with Crippen molar-refractivity contribution in [2.75, 3.05) is 39.8 Å². The Hall–Kier alpha value is -1.13. The van der Waals surface area contributed by atoms with E-state index in [1.54, 1.807) is 0 Å². The number of Topliss-reactive ketones (excluding diaryl/α,β-unsaturated/α-hetero) is 1. The number of likely N-dealkylation sites (N-methyl/N-ethyl adjacent to an activating group) is 1. The molecule has 23 heavy (non-hydrogen) atoms. The fourth-order valence-corrected chi connectivity index (χ4v) is 4.27. The zero-order valence-electron chi connectivity index (χ0n) is 14.7. The lowest BCUT2D eigenvalue weighted by molar-refractivity contribution is -0.115. The van der Waals surface area contributed by atoms with Gasteiger partial charge in [-0.2, -0.15) is 0 Å². The van der Waals surface area contributed by atoms with Crippen molar-refractivity contribution in [3.8, 4) is 0 Å². The van der Waals surface area contributed by atoms with Gasteiger partial charge in [0.15, 0.2) is 5.78 Å². The summed E-state index contributed by atoms with van der Waals surface area (Å²) in [6.07, 6.45) is 9.89. The van der Waals surface area contributed by atoms with Gasteiger partial charge in [0.2, 0.25) is 0 Å². The number of ketones is 1. The van der Waals surface area contributed by atoms with Gasteiger partial charge in [-0.05, 0) is 70.8 Å². The van der Waals surface area contributed by atoms with Crippen LogP contribution in [0.5, 0.6) is 0 Å². The van der Waals surface area contributed by atoms with Crippen LogP contribution in [-0.2, 0) is 4.79 Å². The zero-order valence-corrected chi connectivity index (χ0v) is 14.7. The molecule has 2 fully saturated rings. The van der Waals surface area contributed by atoms with E-state index < -0.39 is 0 Å². The summed E-state index contributed by atoms with van der Waals surface area (Å²) in [5.74, 6) is 1.03. The first-order valence-electron chi connectivity index (χ1n) is 9.21. The second kappa shape index (κ2) is 7.63. The maximum absolute atomic E-state index is 11.9. The molecule has 3 rings (SSSR count). The first-order valence-corrected chi connectivity index (χ1v) is 9.21. The molecule has 2 saturated heterocycles. The average Bonchev–Trinajstić information content (AvgIpc) is 2.59. The lowest BCUT2D eigenvalue weighted by Crippen LogP contribution is -2.47. The Bertz CT molecular complexity index is 483. The number of carbonyl (C=O) groups excluding carboxylic acids is 1. The van der Waals surface area contributed by atoms with Gasteiger partial charge in [0.1, 0.15) is 0 Å². The second-order valence-corrected chi connectivity index (χ2v) is 7.38. The molecule has 0 aromatic carbocycles. The molecular formula is C19H31N3O. The van der Waals surface area contributed by atoms with Crippen LogP contribution in [0.15, 0.2) is 23.4 Å². The van der Waals surface area contributed by atoms with Crippen molar-refractivity contribution in [1.82, 2.24) is 15.1 Å². The Kier molecular flexibility index (Phi) is 5.54. The standard InChI is InChI=1S/C19H31N3O/c1-15-18(4-3-5-19(15)23)21(2)14-16-8-12-22(13-9-16)17-6-10-20-11-7-17/h3-4,16-17,20H,5-14H2,1-2H3. The van der Waals surface area contributed by atoms with Crippen LogP contribution in [0.25, 0.3) is 0 Å². The van der Waals surface area contributed by atoms with Gasteiger partial charge in [0.25, 0.3) is 0 Å².